The van der Waals surface area contributed by atoms with Crippen molar-refractivity contribution >= 4 is 11.4 Å². The Labute approximate surface area is 95.7 Å². The first-order valence-corrected chi connectivity index (χ1v) is 5.66. The standard InChI is InChI=1S/C13H16N2O/c1-15-11-8-4-6-9-5-3-7-10(12(9)11)14-13(15)16-2/h3,5,7-8,13-14H,4,6H2,1-2H3. The lowest BCUT2D eigenvalue weighted by Gasteiger charge is -2.40. The van der Waals surface area contributed by atoms with Crippen molar-refractivity contribution in [2.45, 2.75) is 19.2 Å². The Balaban J connectivity index is 2.17. The highest BCUT2D eigenvalue weighted by Gasteiger charge is 2.29. The summed E-state index contributed by atoms with van der Waals surface area (Å²) in [6.07, 6.45) is 4.50. The van der Waals surface area contributed by atoms with Gasteiger partial charge in [0.1, 0.15) is 0 Å². The van der Waals surface area contributed by atoms with Gasteiger partial charge in [0, 0.05) is 31.1 Å². The monoisotopic (exact) mass is 216 g/mol. The fraction of sp³-hybridized carbons (Fsp3) is 0.385. The van der Waals surface area contributed by atoms with Crippen molar-refractivity contribution in [1.82, 2.24) is 4.90 Å². The Morgan fingerprint density at radius 1 is 1.44 bits per heavy atom. The first-order valence-electron chi connectivity index (χ1n) is 5.66. The molecular weight excluding hydrogens is 200 g/mol. The summed E-state index contributed by atoms with van der Waals surface area (Å²) in [5.41, 5.74) is 5.27. The van der Waals surface area contributed by atoms with E-state index in [0.717, 1.165) is 12.8 Å². The average Bonchev–Trinajstić information content (AvgIpc) is 2.33. The summed E-state index contributed by atoms with van der Waals surface area (Å²) >= 11 is 0. The molecule has 0 saturated carbocycles. The molecule has 3 heteroatoms. The summed E-state index contributed by atoms with van der Waals surface area (Å²) in [7, 11) is 3.80. The van der Waals surface area contributed by atoms with E-state index in [2.05, 4.69) is 41.5 Å². The Hall–Kier alpha value is -1.48. The highest BCUT2D eigenvalue weighted by Crippen LogP contribution is 2.38. The Kier molecular flexibility index (Phi) is 2.14. The largest absolute Gasteiger partial charge is 0.344 e. The molecule has 1 aliphatic heterocycles. The number of benzene rings is 1. The van der Waals surface area contributed by atoms with Crippen LogP contribution in [0.25, 0.3) is 5.70 Å². The maximum absolute atomic E-state index is 5.43. The van der Waals surface area contributed by atoms with Crippen LogP contribution < -0.4 is 5.32 Å². The van der Waals surface area contributed by atoms with Crippen LogP contribution in [0.4, 0.5) is 5.69 Å². The van der Waals surface area contributed by atoms with Crippen LogP contribution in [0, 0.1) is 0 Å². The second kappa shape index (κ2) is 3.52. The van der Waals surface area contributed by atoms with Crippen LogP contribution in [0.2, 0.25) is 0 Å². The van der Waals surface area contributed by atoms with E-state index in [1.807, 2.05) is 0 Å². The van der Waals surface area contributed by atoms with Crippen molar-refractivity contribution in [3.8, 4) is 0 Å². The quantitative estimate of drug-likeness (QED) is 0.779. The molecule has 1 aliphatic carbocycles. The van der Waals surface area contributed by atoms with Gasteiger partial charge in [-0.15, -0.1) is 0 Å². The van der Waals surface area contributed by atoms with Crippen LogP contribution in [-0.4, -0.2) is 25.4 Å². The molecule has 16 heavy (non-hydrogen) atoms. The molecule has 1 aromatic rings. The second-order valence-corrected chi connectivity index (χ2v) is 4.31. The van der Waals surface area contributed by atoms with Gasteiger partial charge < -0.3 is 15.0 Å². The smallest absolute Gasteiger partial charge is 0.207 e. The maximum Gasteiger partial charge on any atom is 0.207 e. The topological polar surface area (TPSA) is 24.5 Å². The molecule has 84 valence electrons. The first-order chi connectivity index (χ1) is 7.81. The molecular formula is C13H16N2O. The molecule has 3 rings (SSSR count). The van der Waals surface area contributed by atoms with E-state index in [1.165, 1.54) is 22.5 Å². The molecule has 0 aromatic heterocycles. The SMILES string of the molecule is COC1Nc2cccc3c2C(=CCC3)N1C. The molecule has 1 aromatic carbocycles. The summed E-state index contributed by atoms with van der Waals surface area (Å²) < 4.78 is 5.43. The number of hydrogen-bond acceptors (Lipinski definition) is 3. The normalized spacial score (nSPS) is 22.2. The van der Waals surface area contributed by atoms with Crippen molar-refractivity contribution in [2.24, 2.45) is 0 Å². The maximum atomic E-state index is 5.43. The number of hydrogen-bond donors (Lipinski definition) is 1. The van der Waals surface area contributed by atoms with Crippen LogP contribution in [0.1, 0.15) is 17.5 Å². The van der Waals surface area contributed by atoms with E-state index in [4.69, 9.17) is 4.74 Å². The van der Waals surface area contributed by atoms with Gasteiger partial charge in [-0.25, -0.2) is 0 Å². The molecule has 1 unspecified atom stereocenters. The Bertz CT molecular complexity index is 453. The van der Waals surface area contributed by atoms with Gasteiger partial charge in [0.05, 0.1) is 0 Å². The van der Waals surface area contributed by atoms with Crippen LogP contribution in [0.3, 0.4) is 0 Å². The third-order valence-corrected chi connectivity index (χ3v) is 3.39. The van der Waals surface area contributed by atoms with Gasteiger partial charge in [-0.3, -0.25) is 0 Å². The number of allylic oxidation sites excluding steroid dienone is 1. The lowest BCUT2D eigenvalue weighted by atomic mass is 9.91. The highest BCUT2D eigenvalue weighted by atomic mass is 16.5. The van der Waals surface area contributed by atoms with Gasteiger partial charge in [-0.2, -0.15) is 0 Å². The summed E-state index contributed by atoms with van der Waals surface area (Å²) in [5, 5.41) is 3.40. The zero-order chi connectivity index (χ0) is 11.1. The molecule has 0 bridgehead atoms. The minimum absolute atomic E-state index is 0.0629. The average molecular weight is 216 g/mol. The van der Waals surface area contributed by atoms with E-state index in [0.29, 0.717) is 0 Å². The predicted molar refractivity (Wildman–Crippen MR) is 64.9 cm³/mol. The summed E-state index contributed by atoms with van der Waals surface area (Å²) in [4.78, 5) is 2.16. The lowest BCUT2D eigenvalue weighted by Crippen LogP contribution is -2.42. The van der Waals surface area contributed by atoms with E-state index in [-0.39, 0.29) is 6.35 Å². The zero-order valence-corrected chi connectivity index (χ0v) is 9.66. The third-order valence-electron chi connectivity index (χ3n) is 3.39. The number of anilines is 1. The third kappa shape index (κ3) is 1.25. The molecule has 0 saturated heterocycles. The molecule has 0 spiro atoms. The molecule has 1 atom stereocenters. The first kappa shape index (κ1) is 9.73. The number of nitrogens with one attached hydrogen (secondary N) is 1. The summed E-state index contributed by atoms with van der Waals surface area (Å²) in [5.74, 6) is 0. The van der Waals surface area contributed by atoms with E-state index in [9.17, 15) is 0 Å². The summed E-state index contributed by atoms with van der Waals surface area (Å²) in [6.45, 7) is 0. The molecule has 0 radical (unpaired) electrons. The number of aryl methyl sites for hydroxylation is 1. The number of ether oxygens (including phenoxy) is 1. The van der Waals surface area contributed by atoms with Crippen molar-refractivity contribution in [3.63, 3.8) is 0 Å². The number of methoxy groups -OCH3 is 1. The fourth-order valence-corrected chi connectivity index (χ4v) is 2.59. The van der Waals surface area contributed by atoms with Crippen LogP contribution in [0.15, 0.2) is 24.3 Å². The van der Waals surface area contributed by atoms with Crippen LogP contribution in [-0.2, 0) is 11.2 Å². The summed E-state index contributed by atoms with van der Waals surface area (Å²) in [6, 6.07) is 6.45. The van der Waals surface area contributed by atoms with Crippen molar-refractivity contribution in [2.75, 3.05) is 19.5 Å². The lowest BCUT2D eigenvalue weighted by molar-refractivity contribution is 0.0339. The molecule has 0 amide bonds. The van der Waals surface area contributed by atoms with Gasteiger partial charge in [0.2, 0.25) is 6.35 Å². The van der Waals surface area contributed by atoms with Gasteiger partial charge in [-0.05, 0) is 24.5 Å². The fourth-order valence-electron chi connectivity index (χ4n) is 2.59. The van der Waals surface area contributed by atoms with Crippen molar-refractivity contribution < 1.29 is 4.74 Å². The van der Waals surface area contributed by atoms with Crippen LogP contribution >= 0.6 is 0 Å². The number of rotatable bonds is 1. The molecule has 1 heterocycles. The van der Waals surface area contributed by atoms with Gasteiger partial charge in [-0.1, -0.05) is 18.2 Å². The molecule has 1 N–H and O–H groups in total. The van der Waals surface area contributed by atoms with E-state index in [1.54, 1.807) is 7.11 Å². The number of nitrogens with zero attached hydrogens (tertiary/aromatic N) is 1. The minimum Gasteiger partial charge on any atom is -0.344 e. The second-order valence-electron chi connectivity index (χ2n) is 4.31. The molecule has 0 fully saturated rings. The predicted octanol–water partition coefficient (Wildman–Crippen LogP) is 2.26. The van der Waals surface area contributed by atoms with Gasteiger partial charge in [0.25, 0.3) is 0 Å². The van der Waals surface area contributed by atoms with Gasteiger partial charge in [0.15, 0.2) is 0 Å². The minimum atomic E-state index is -0.0629. The van der Waals surface area contributed by atoms with Crippen LogP contribution in [0.5, 0.6) is 0 Å². The van der Waals surface area contributed by atoms with E-state index < -0.39 is 0 Å². The Morgan fingerprint density at radius 2 is 2.31 bits per heavy atom. The van der Waals surface area contributed by atoms with Crippen molar-refractivity contribution in [1.29, 1.82) is 0 Å². The van der Waals surface area contributed by atoms with E-state index >= 15 is 0 Å². The molecule has 3 nitrogen and oxygen atoms in total. The molecule has 2 aliphatic rings. The Morgan fingerprint density at radius 3 is 3.12 bits per heavy atom. The van der Waals surface area contributed by atoms with Gasteiger partial charge >= 0.3 is 0 Å². The van der Waals surface area contributed by atoms with Crippen molar-refractivity contribution in [3.05, 3.63) is 35.4 Å². The highest BCUT2D eigenvalue weighted by molar-refractivity contribution is 5.81. The zero-order valence-electron chi connectivity index (χ0n) is 9.66.